The second-order valence-electron chi connectivity index (χ2n) is 10.5. The molecule has 2 heterocycles. The standard InChI is InChI=1S/C25H35NO5/c1-24(2)17-13-18-22(30-11-8-25(18,14-17)23(24)28)16-6-7-19(20(12-16)29-3)31-15-21(27)26-9-4-5-10-26/h6-7,12,17-18,22-23,28H,4-5,8-11,13-15H2,1-3H3/t17-,18-,22-,23-,25-/m1/s1. The lowest BCUT2D eigenvalue weighted by Gasteiger charge is -2.51. The summed E-state index contributed by atoms with van der Waals surface area (Å²) >= 11 is 0. The van der Waals surface area contributed by atoms with Crippen molar-refractivity contribution in [3.63, 3.8) is 0 Å². The first-order valence-electron chi connectivity index (χ1n) is 11.7. The molecular formula is C25H35NO5. The minimum Gasteiger partial charge on any atom is -0.493 e. The van der Waals surface area contributed by atoms with Crippen LogP contribution in [0.5, 0.6) is 11.5 Å². The van der Waals surface area contributed by atoms with Gasteiger partial charge in [-0.2, -0.15) is 0 Å². The Bertz CT molecular complexity index is 848. The number of nitrogens with zero attached hydrogens (tertiary/aromatic N) is 1. The van der Waals surface area contributed by atoms with Crippen LogP contribution in [0.4, 0.5) is 0 Å². The first-order chi connectivity index (χ1) is 14.9. The number of benzene rings is 1. The van der Waals surface area contributed by atoms with Crippen molar-refractivity contribution in [2.24, 2.45) is 22.7 Å². The zero-order valence-electron chi connectivity index (χ0n) is 18.9. The fourth-order valence-electron chi connectivity index (χ4n) is 6.93. The summed E-state index contributed by atoms with van der Waals surface area (Å²) in [5.41, 5.74) is 1.01. The van der Waals surface area contributed by atoms with Gasteiger partial charge in [0.15, 0.2) is 18.1 Å². The molecule has 5 rings (SSSR count). The van der Waals surface area contributed by atoms with Gasteiger partial charge in [-0.25, -0.2) is 0 Å². The average molecular weight is 430 g/mol. The lowest BCUT2D eigenvalue weighted by molar-refractivity contribution is -0.164. The maximum Gasteiger partial charge on any atom is 0.260 e. The van der Waals surface area contributed by atoms with Gasteiger partial charge in [-0.3, -0.25) is 4.79 Å². The monoisotopic (exact) mass is 429 g/mol. The largest absolute Gasteiger partial charge is 0.493 e. The fraction of sp³-hybridized carbons (Fsp3) is 0.720. The van der Waals surface area contributed by atoms with E-state index in [9.17, 15) is 9.90 Å². The molecule has 4 aliphatic rings. The van der Waals surface area contributed by atoms with Crippen LogP contribution in [-0.4, -0.2) is 55.4 Å². The topological polar surface area (TPSA) is 68.2 Å². The number of fused-ring (bicyclic) bond motifs is 1. The van der Waals surface area contributed by atoms with Gasteiger partial charge in [0.05, 0.1) is 19.3 Å². The Balaban J connectivity index is 1.33. The van der Waals surface area contributed by atoms with Crippen molar-refractivity contribution in [1.29, 1.82) is 0 Å². The number of aliphatic hydroxyl groups is 1. The van der Waals surface area contributed by atoms with E-state index in [0.717, 1.165) is 50.8 Å². The number of amides is 1. The van der Waals surface area contributed by atoms with Crippen LogP contribution >= 0.6 is 0 Å². The van der Waals surface area contributed by atoms with Crippen molar-refractivity contribution >= 4 is 5.91 Å². The van der Waals surface area contributed by atoms with Crippen molar-refractivity contribution in [3.8, 4) is 11.5 Å². The minimum absolute atomic E-state index is 0.0182. The Labute approximate surface area is 184 Å². The molecule has 1 aromatic rings. The maximum atomic E-state index is 12.3. The van der Waals surface area contributed by atoms with Crippen LogP contribution < -0.4 is 9.47 Å². The van der Waals surface area contributed by atoms with Crippen molar-refractivity contribution in [3.05, 3.63) is 23.8 Å². The molecule has 1 N–H and O–H groups in total. The van der Waals surface area contributed by atoms with Gasteiger partial charge < -0.3 is 24.2 Å². The molecule has 2 aliphatic carbocycles. The number of aliphatic hydroxyl groups excluding tert-OH is 1. The Hall–Kier alpha value is -1.79. The zero-order valence-corrected chi connectivity index (χ0v) is 18.9. The van der Waals surface area contributed by atoms with Gasteiger partial charge in [0.25, 0.3) is 5.91 Å². The highest BCUT2D eigenvalue weighted by molar-refractivity contribution is 5.78. The third-order valence-electron chi connectivity index (χ3n) is 8.76. The van der Waals surface area contributed by atoms with Gasteiger partial charge in [-0.05, 0) is 67.1 Å². The quantitative estimate of drug-likeness (QED) is 0.775. The van der Waals surface area contributed by atoms with Crippen molar-refractivity contribution < 1.29 is 24.1 Å². The number of hydrogen-bond acceptors (Lipinski definition) is 5. The Morgan fingerprint density at radius 3 is 2.74 bits per heavy atom. The molecule has 1 amide bonds. The molecular weight excluding hydrogens is 394 g/mol. The predicted molar refractivity (Wildman–Crippen MR) is 116 cm³/mol. The van der Waals surface area contributed by atoms with Crippen LogP contribution in [0.3, 0.4) is 0 Å². The molecule has 170 valence electrons. The van der Waals surface area contributed by atoms with E-state index in [4.69, 9.17) is 14.2 Å². The normalized spacial score (nSPS) is 35.8. The molecule has 1 spiro atoms. The molecule has 6 heteroatoms. The summed E-state index contributed by atoms with van der Waals surface area (Å²) in [6.07, 6.45) is 4.95. The summed E-state index contributed by atoms with van der Waals surface area (Å²) in [4.78, 5) is 14.2. The van der Waals surface area contributed by atoms with E-state index >= 15 is 0 Å². The first-order valence-corrected chi connectivity index (χ1v) is 11.7. The van der Waals surface area contributed by atoms with Crippen molar-refractivity contribution in [1.82, 2.24) is 4.90 Å². The molecule has 0 radical (unpaired) electrons. The minimum atomic E-state index is -0.281. The second kappa shape index (κ2) is 7.66. The lowest BCUT2D eigenvalue weighted by atomic mass is 9.60. The Kier molecular flexibility index (Phi) is 5.21. The molecule has 31 heavy (non-hydrogen) atoms. The van der Waals surface area contributed by atoms with E-state index in [0.29, 0.717) is 29.9 Å². The summed E-state index contributed by atoms with van der Waals surface area (Å²) in [6, 6.07) is 5.91. The SMILES string of the molecule is COc1cc([C@H]2OCC[C@@]34C[C@@H](C[C@H]23)C(C)(C)[C@H]4O)ccc1OCC(=O)N1CCCC1. The third kappa shape index (κ3) is 3.25. The Morgan fingerprint density at radius 1 is 1.26 bits per heavy atom. The number of carbonyl (C=O) groups is 1. The zero-order chi connectivity index (χ0) is 21.8. The highest BCUT2D eigenvalue weighted by Crippen LogP contribution is 2.70. The van der Waals surface area contributed by atoms with Gasteiger partial charge >= 0.3 is 0 Å². The molecule has 4 fully saturated rings. The molecule has 2 saturated carbocycles. The highest BCUT2D eigenvalue weighted by Gasteiger charge is 2.68. The smallest absolute Gasteiger partial charge is 0.260 e. The van der Waals surface area contributed by atoms with Gasteiger partial charge in [0.1, 0.15) is 0 Å². The molecule has 2 aliphatic heterocycles. The average Bonchev–Trinajstić information content (AvgIpc) is 3.48. The Morgan fingerprint density at radius 2 is 2.03 bits per heavy atom. The number of ether oxygens (including phenoxy) is 3. The van der Waals surface area contributed by atoms with Gasteiger partial charge in [0.2, 0.25) is 0 Å². The summed E-state index contributed by atoms with van der Waals surface area (Å²) < 4.78 is 17.7. The molecule has 2 saturated heterocycles. The van der Waals surface area contributed by atoms with Gasteiger partial charge in [-0.15, -0.1) is 0 Å². The molecule has 2 bridgehead atoms. The third-order valence-corrected chi connectivity index (χ3v) is 8.76. The number of rotatable bonds is 5. The van der Waals surface area contributed by atoms with E-state index in [-0.39, 0.29) is 35.6 Å². The van der Waals surface area contributed by atoms with E-state index in [1.54, 1.807) is 7.11 Å². The fourth-order valence-corrected chi connectivity index (χ4v) is 6.93. The lowest BCUT2D eigenvalue weighted by Crippen LogP contribution is -2.51. The van der Waals surface area contributed by atoms with Crippen LogP contribution in [0.1, 0.15) is 57.6 Å². The molecule has 5 atom stereocenters. The van der Waals surface area contributed by atoms with Gasteiger partial charge in [-0.1, -0.05) is 19.9 Å². The summed E-state index contributed by atoms with van der Waals surface area (Å²) in [5.74, 6) is 2.09. The van der Waals surface area contributed by atoms with Crippen LogP contribution in [0, 0.1) is 22.7 Å². The van der Waals surface area contributed by atoms with E-state index in [2.05, 4.69) is 13.8 Å². The van der Waals surface area contributed by atoms with E-state index in [1.807, 2.05) is 23.1 Å². The second-order valence-corrected chi connectivity index (χ2v) is 10.5. The van der Waals surface area contributed by atoms with Crippen LogP contribution in [0.2, 0.25) is 0 Å². The molecule has 1 aromatic carbocycles. The number of methoxy groups -OCH3 is 1. The van der Waals surface area contributed by atoms with Crippen LogP contribution in [0.25, 0.3) is 0 Å². The number of hydrogen-bond donors (Lipinski definition) is 1. The number of likely N-dealkylation sites (tertiary alicyclic amines) is 1. The molecule has 6 nitrogen and oxygen atoms in total. The summed E-state index contributed by atoms with van der Waals surface area (Å²) in [7, 11) is 1.63. The molecule has 0 aromatic heterocycles. The number of carbonyl (C=O) groups excluding carboxylic acids is 1. The highest BCUT2D eigenvalue weighted by atomic mass is 16.5. The van der Waals surface area contributed by atoms with Gasteiger partial charge in [0, 0.05) is 25.1 Å². The van der Waals surface area contributed by atoms with E-state index < -0.39 is 0 Å². The van der Waals surface area contributed by atoms with Crippen LogP contribution in [-0.2, 0) is 9.53 Å². The summed E-state index contributed by atoms with van der Waals surface area (Å²) in [6.45, 7) is 6.79. The predicted octanol–water partition coefficient (Wildman–Crippen LogP) is 3.57. The van der Waals surface area contributed by atoms with Crippen molar-refractivity contribution in [2.45, 2.75) is 58.2 Å². The van der Waals surface area contributed by atoms with Crippen molar-refractivity contribution in [2.75, 3.05) is 33.4 Å². The first kappa shape index (κ1) is 21.1. The van der Waals surface area contributed by atoms with Crippen LogP contribution in [0.15, 0.2) is 18.2 Å². The van der Waals surface area contributed by atoms with E-state index in [1.165, 1.54) is 0 Å². The summed E-state index contributed by atoms with van der Waals surface area (Å²) in [5, 5.41) is 11.2. The maximum absolute atomic E-state index is 12.3. The molecule has 0 unspecified atom stereocenters.